The summed E-state index contributed by atoms with van der Waals surface area (Å²) >= 11 is 0. The molecule has 0 fully saturated rings. The molecule has 0 aromatic heterocycles. The van der Waals surface area contributed by atoms with Gasteiger partial charge in [-0.15, -0.1) is 0 Å². The molecule has 2 aliphatic rings. The maximum absolute atomic E-state index is 15.4. The van der Waals surface area contributed by atoms with E-state index in [1.807, 2.05) is 6.92 Å². The van der Waals surface area contributed by atoms with Crippen LogP contribution in [0.25, 0.3) is 12.2 Å². The number of benzene rings is 2. The summed E-state index contributed by atoms with van der Waals surface area (Å²) in [6.07, 6.45) is 4.48. The summed E-state index contributed by atoms with van der Waals surface area (Å²) in [6, 6.07) is 4.51. The van der Waals surface area contributed by atoms with Crippen molar-refractivity contribution in [3.8, 4) is 5.75 Å². The summed E-state index contributed by atoms with van der Waals surface area (Å²) in [5.41, 5.74) is 0.272. The molecular weight excluding hydrogens is 447 g/mol. The highest BCUT2D eigenvalue weighted by Gasteiger charge is 2.40. The van der Waals surface area contributed by atoms with Crippen molar-refractivity contribution in [3.63, 3.8) is 0 Å². The highest BCUT2D eigenvalue weighted by atomic mass is 19.1. The van der Waals surface area contributed by atoms with E-state index in [1.54, 1.807) is 23.1 Å². The van der Waals surface area contributed by atoms with E-state index in [9.17, 15) is 14.3 Å². The number of hydrogen-bond donors (Lipinski definition) is 2. The van der Waals surface area contributed by atoms with Crippen LogP contribution in [-0.2, 0) is 11.2 Å². The van der Waals surface area contributed by atoms with Crippen molar-refractivity contribution in [2.75, 3.05) is 6.54 Å². The monoisotopic (exact) mass is 473 g/mol. The first kappa shape index (κ1) is 24.0. The fourth-order valence-corrected chi connectivity index (χ4v) is 4.68. The lowest BCUT2D eigenvalue weighted by Gasteiger charge is -2.44. The number of rotatable bonds is 5. The molecule has 2 aliphatic heterocycles. The first-order valence-corrected chi connectivity index (χ1v) is 11.0. The second kappa shape index (κ2) is 8.92. The van der Waals surface area contributed by atoms with Gasteiger partial charge in [0.05, 0.1) is 6.04 Å². The summed E-state index contributed by atoms with van der Waals surface area (Å²) in [5.74, 6) is -2.47. The van der Waals surface area contributed by atoms with Gasteiger partial charge in [0, 0.05) is 29.8 Å². The molecule has 5 nitrogen and oxygen atoms in total. The minimum atomic E-state index is -1.62. The van der Waals surface area contributed by atoms with Gasteiger partial charge in [-0.1, -0.05) is 0 Å². The Morgan fingerprint density at radius 2 is 1.91 bits per heavy atom. The van der Waals surface area contributed by atoms with Crippen LogP contribution in [0.1, 0.15) is 54.6 Å². The van der Waals surface area contributed by atoms with Gasteiger partial charge >= 0.3 is 5.97 Å². The van der Waals surface area contributed by atoms with E-state index < -0.39 is 35.6 Å². The SMILES string of the molecule is CC1Cc2cc3c(cc2C(c2c(F)cc(/C=C/C(=O)O)cc2F)N1CC(C)(C)F)C=CC(O)O3. The number of aliphatic hydroxyl groups is 1. The van der Waals surface area contributed by atoms with Gasteiger partial charge in [0.1, 0.15) is 23.1 Å². The molecule has 0 saturated heterocycles. The van der Waals surface area contributed by atoms with Gasteiger partial charge in [0.25, 0.3) is 0 Å². The minimum absolute atomic E-state index is 0.0556. The standard InChI is InChI=1S/C26H26F3NO4/c1-14-8-17-12-21-16(5-7-23(33)34-21)11-18(17)25(30(14)13-26(2,3)29)24-19(27)9-15(10-20(24)28)4-6-22(31)32/h4-7,9-12,14,23,25,33H,8,13H2,1-3H3,(H,31,32)/b6-4+. The molecule has 180 valence electrons. The molecule has 8 heteroatoms. The van der Waals surface area contributed by atoms with Crippen molar-refractivity contribution in [1.82, 2.24) is 4.90 Å². The average molecular weight is 473 g/mol. The van der Waals surface area contributed by atoms with Crippen LogP contribution in [0.3, 0.4) is 0 Å². The topological polar surface area (TPSA) is 70.0 Å². The summed E-state index contributed by atoms with van der Waals surface area (Å²) in [5, 5.41) is 18.6. The zero-order valence-corrected chi connectivity index (χ0v) is 19.1. The molecule has 3 unspecified atom stereocenters. The summed E-state index contributed by atoms with van der Waals surface area (Å²) in [7, 11) is 0. The third-order valence-corrected chi connectivity index (χ3v) is 6.02. The largest absolute Gasteiger partial charge is 0.478 e. The number of aliphatic hydroxyl groups excluding tert-OH is 1. The number of carboxylic acid groups (broad SMARTS) is 1. The van der Waals surface area contributed by atoms with Crippen molar-refractivity contribution in [2.45, 2.75) is 51.2 Å². The summed E-state index contributed by atoms with van der Waals surface area (Å²) < 4.78 is 51.1. The number of carboxylic acids is 1. The molecule has 0 saturated carbocycles. The Kier molecular flexibility index (Phi) is 6.31. The zero-order valence-electron chi connectivity index (χ0n) is 19.1. The van der Waals surface area contributed by atoms with E-state index in [0.29, 0.717) is 23.3 Å². The molecule has 3 atom stereocenters. The van der Waals surface area contributed by atoms with Crippen molar-refractivity contribution >= 4 is 18.1 Å². The van der Waals surface area contributed by atoms with Gasteiger partial charge in [-0.2, -0.15) is 0 Å². The van der Waals surface area contributed by atoms with Gasteiger partial charge in [-0.05, 0) is 86.4 Å². The Morgan fingerprint density at radius 1 is 1.24 bits per heavy atom. The highest BCUT2D eigenvalue weighted by Crippen LogP contribution is 2.44. The lowest BCUT2D eigenvalue weighted by Crippen LogP contribution is -2.48. The first-order valence-electron chi connectivity index (χ1n) is 11.0. The van der Waals surface area contributed by atoms with Crippen LogP contribution in [0.15, 0.2) is 36.4 Å². The molecule has 0 aliphatic carbocycles. The van der Waals surface area contributed by atoms with Crippen LogP contribution in [0.2, 0.25) is 0 Å². The Balaban J connectivity index is 1.89. The first-order chi connectivity index (χ1) is 15.9. The minimum Gasteiger partial charge on any atom is -0.478 e. The van der Waals surface area contributed by atoms with E-state index in [1.165, 1.54) is 19.9 Å². The van der Waals surface area contributed by atoms with Gasteiger partial charge in [0.2, 0.25) is 6.29 Å². The molecule has 0 amide bonds. The molecular formula is C26H26F3NO4. The van der Waals surface area contributed by atoms with E-state index in [4.69, 9.17) is 9.84 Å². The van der Waals surface area contributed by atoms with Crippen LogP contribution >= 0.6 is 0 Å². The Bertz CT molecular complexity index is 1160. The van der Waals surface area contributed by atoms with E-state index in [0.717, 1.165) is 29.8 Å². The lowest BCUT2D eigenvalue weighted by atomic mass is 9.82. The van der Waals surface area contributed by atoms with Crippen molar-refractivity contribution in [2.24, 2.45) is 0 Å². The van der Waals surface area contributed by atoms with Crippen molar-refractivity contribution in [1.29, 1.82) is 0 Å². The quantitative estimate of drug-likeness (QED) is 0.607. The van der Waals surface area contributed by atoms with Crippen molar-refractivity contribution in [3.05, 3.63) is 75.9 Å². The fourth-order valence-electron chi connectivity index (χ4n) is 4.68. The fraction of sp³-hybridized carbons (Fsp3) is 0.346. The normalized spacial score (nSPS) is 22.4. The molecule has 2 aromatic rings. The maximum atomic E-state index is 15.4. The second-order valence-electron chi connectivity index (χ2n) is 9.37. The Morgan fingerprint density at radius 3 is 2.53 bits per heavy atom. The van der Waals surface area contributed by atoms with E-state index in [-0.39, 0.29) is 23.7 Å². The number of halogens is 3. The third-order valence-electron chi connectivity index (χ3n) is 6.02. The Labute approximate surface area is 195 Å². The molecule has 0 spiro atoms. The van der Waals surface area contributed by atoms with Crippen LogP contribution in [0.5, 0.6) is 5.75 Å². The second-order valence-corrected chi connectivity index (χ2v) is 9.37. The van der Waals surface area contributed by atoms with Gasteiger partial charge in [-0.3, -0.25) is 4.90 Å². The maximum Gasteiger partial charge on any atom is 0.328 e. The number of aliphatic carboxylic acids is 1. The summed E-state index contributed by atoms with van der Waals surface area (Å²) in [6.45, 7) is 4.66. The van der Waals surface area contributed by atoms with Gasteiger partial charge < -0.3 is 14.9 Å². The number of nitrogens with zero attached hydrogens (tertiary/aromatic N) is 1. The van der Waals surface area contributed by atoms with Crippen LogP contribution in [-0.4, -0.2) is 45.6 Å². The van der Waals surface area contributed by atoms with Gasteiger partial charge in [0.15, 0.2) is 0 Å². The van der Waals surface area contributed by atoms with E-state index >= 15 is 8.78 Å². The number of alkyl halides is 1. The van der Waals surface area contributed by atoms with Crippen LogP contribution in [0.4, 0.5) is 13.2 Å². The van der Waals surface area contributed by atoms with E-state index in [2.05, 4.69) is 0 Å². The summed E-state index contributed by atoms with van der Waals surface area (Å²) in [4.78, 5) is 12.6. The number of carbonyl (C=O) groups is 1. The third kappa shape index (κ3) is 4.88. The molecule has 34 heavy (non-hydrogen) atoms. The lowest BCUT2D eigenvalue weighted by molar-refractivity contribution is -0.131. The molecule has 2 heterocycles. The number of hydrogen-bond acceptors (Lipinski definition) is 4. The van der Waals surface area contributed by atoms with Crippen molar-refractivity contribution < 1.29 is 32.9 Å². The highest BCUT2D eigenvalue weighted by molar-refractivity contribution is 5.85. The van der Waals surface area contributed by atoms with Gasteiger partial charge in [-0.25, -0.2) is 18.0 Å². The smallest absolute Gasteiger partial charge is 0.328 e. The zero-order chi connectivity index (χ0) is 24.8. The molecule has 2 N–H and O–H groups in total. The Hall–Kier alpha value is -3.10. The number of ether oxygens (including phenoxy) is 1. The predicted octanol–water partition coefficient (Wildman–Crippen LogP) is 4.87. The predicted molar refractivity (Wildman–Crippen MR) is 122 cm³/mol. The molecule has 0 radical (unpaired) electrons. The molecule has 4 rings (SSSR count). The van der Waals surface area contributed by atoms with Crippen LogP contribution < -0.4 is 4.74 Å². The number of fused-ring (bicyclic) bond motifs is 2. The molecule has 2 aromatic carbocycles. The van der Waals surface area contributed by atoms with Crippen LogP contribution in [0, 0.1) is 11.6 Å². The molecule has 0 bridgehead atoms. The average Bonchev–Trinajstić information content (AvgIpc) is 2.71.